The van der Waals surface area contributed by atoms with E-state index >= 15 is 0 Å². The van der Waals surface area contributed by atoms with Crippen molar-refractivity contribution in [3.63, 3.8) is 0 Å². The quantitative estimate of drug-likeness (QED) is 0.778. The lowest BCUT2D eigenvalue weighted by Crippen LogP contribution is -2.33. The van der Waals surface area contributed by atoms with Gasteiger partial charge in [-0.2, -0.15) is 0 Å². The Morgan fingerprint density at radius 3 is 2.47 bits per heavy atom. The molecule has 15 heavy (non-hydrogen) atoms. The van der Waals surface area contributed by atoms with Gasteiger partial charge in [0.15, 0.2) is 0 Å². The minimum absolute atomic E-state index is 0.819. The molecular weight excluding hydrogens is 184 g/mol. The topological polar surface area (TPSA) is 17.0 Å². The smallest absolute Gasteiger partial charge is 0.0361 e. The van der Waals surface area contributed by atoms with Gasteiger partial charge in [0, 0.05) is 31.5 Å². The second kappa shape index (κ2) is 3.67. The molecule has 0 unspecified atom stereocenters. The van der Waals surface area contributed by atoms with Crippen LogP contribution >= 0.6 is 0 Å². The molecule has 0 spiro atoms. The molecule has 0 atom stereocenters. The van der Waals surface area contributed by atoms with Crippen molar-refractivity contribution in [2.75, 3.05) is 0 Å². The lowest BCUT2D eigenvalue weighted by atomic mass is 10.1. The van der Waals surface area contributed by atoms with Crippen molar-refractivity contribution >= 4 is 0 Å². The van der Waals surface area contributed by atoms with Crippen LogP contribution in [0.4, 0.5) is 0 Å². The molecule has 3 rings (SSSR count). The number of aromatic nitrogens is 1. The Morgan fingerprint density at radius 1 is 1.33 bits per heavy atom. The van der Waals surface area contributed by atoms with Gasteiger partial charge in [-0.25, -0.2) is 0 Å². The first-order valence-corrected chi connectivity index (χ1v) is 6.18. The molecule has 2 heteroatoms. The van der Waals surface area contributed by atoms with E-state index in [0.717, 1.165) is 24.4 Å². The van der Waals surface area contributed by atoms with E-state index in [9.17, 15) is 0 Å². The first-order valence-electron chi connectivity index (χ1n) is 6.18. The molecule has 0 radical (unpaired) electrons. The van der Waals surface area contributed by atoms with Gasteiger partial charge in [0.25, 0.3) is 0 Å². The van der Waals surface area contributed by atoms with Crippen molar-refractivity contribution in [2.45, 2.75) is 38.3 Å². The number of aryl methyl sites for hydroxylation is 1. The van der Waals surface area contributed by atoms with E-state index < -0.39 is 0 Å². The van der Waals surface area contributed by atoms with Gasteiger partial charge in [-0.05, 0) is 49.7 Å². The monoisotopic (exact) mass is 204 g/mol. The average Bonchev–Trinajstić information content (AvgIpc) is 3.11. The van der Waals surface area contributed by atoms with Gasteiger partial charge >= 0.3 is 0 Å². The van der Waals surface area contributed by atoms with Crippen LogP contribution in [0.25, 0.3) is 0 Å². The second-order valence-corrected chi connectivity index (χ2v) is 5.19. The van der Waals surface area contributed by atoms with Crippen LogP contribution in [0.15, 0.2) is 18.3 Å². The number of nitrogens with zero attached hydrogens (tertiary/aromatic N) is 1. The van der Waals surface area contributed by atoms with Crippen molar-refractivity contribution in [1.29, 1.82) is 0 Å². The van der Waals surface area contributed by atoms with Crippen LogP contribution in [0, 0.1) is 11.8 Å². The molecule has 0 aromatic carbocycles. The van der Waals surface area contributed by atoms with Gasteiger partial charge in [0.2, 0.25) is 0 Å². The largest absolute Gasteiger partial charge is 0.353 e. The zero-order valence-electron chi connectivity index (χ0n) is 9.45. The van der Waals surface area contributed by atoms with Crippen LogP contribution in [0.5, 0.6) is 0 Å². The Balaban J connectivity index is 1.57. The highest BCUT2D eigenvalue weighted by Crippen LogP contribution is 2.44. The Kier molecular flexibility index (Phi) is 2.32. The first kappa shape index (κ1) is 9.46. The van der Waals surface area contributed by atoms with Gasteiger partial charge in [0.1, 0.15) is 0 Å². The van der Waals surface area contributed by atoms with Crippen LogP contribution in [0.2, 0.25) is 0 Å². The molecular formula is C13H20N2. The van der Waals surface area contributed by atoms with Crippen LogP contribution in [-0.4, -0.2) is 10.6 Å². The Hall–Kier alpha value is -0.760. The molecule has 0 aliphatic heterocycles. The number of rotatable bonds is 5. The minimum atomic E-state index is 0.819. The van der Waals surface area contributed by atoms with Crippen molar-refractivity contribution in [2.24, 2.45) is 18.9 Å². The minimum Gasteiger partial charge on any atom is -0.353 e. The third-order valence-electron chi connectivity index (χ3n) is 3.83. The molecule has 1 N–H and O–H groups in total. The van der Waals surface area contributed by atoms with Gasteiger partial charge in [-0.3, -0.25) is 0 Å². The molecule has 2 aliphatic rings. The predicted molar refractivity (Wildman–Crippen MR) is 61.5 cm³/mol. The summed E-state index contributed by atoms with van der Waals surface area (Å²) >= 11 is 0. The summed E-state index contributed by atoms with van der Waals surface area (Å²) in [4.78, 5) is 0. The molecule has 1 aromatic heterocycles. The van der Waals surface area contributed by atoms with Gasteiger partial charge in [-0.1, -0.05) is 0 Å². The lowest BCUT2D eigenvalue weighted by Gasteiger charge is -2.17. The number of hydrogen-bond donors (Lipinski definition) is 1. The highest BCUT2D eigenvalue weighted by atomic mass is 15.0. The molecule has 2 nitrogen and oxygen atoms in total. The van der Waals surface area contributed by atoms with Crippen molar-refractivity contribution in [3.8, 4) is 0 Å². The van der Waals surface area contributed by atoms with Crippen LogP contribution in [-0.2, 0) is 13.6 Å². The maximum atomic E-state index is 3.77. The fourth-order valence-electron chi connectivity index (χ4n) is 2.53. The van der Waals surface area contributed by atoms with E-state index in [1.165, 1.54) is 31.4 Å². The van der Waals surface area contributed by atoms with E-state index in [-0.39, 0.29) is 0 Å². The third kappa shape index (κ3) is 2.10. The summed E-state index contributed by atoms with van der Waals surface area (Å²) in [6.45, 7) is 1.04. The van der Waals surface area contributed by atoms with Crippen LogP contribution < -0.4 is 5.32 Å². The predicted octanol–water partition coefficient (Wildman–Crippen LogP) is 2.30. The Labute approximate surface area is 91.7 Å². The summed E-state index contributed by atoms with van der Waals surface area (Å²) in [5, 5.41) is 3.77. The fourth-order valence-corrected chi connectivity index (χ4v) is 2.53. The van der Waals surface area contributed by atoms with E-state index in [4.69, 9.17) is 0 Å². The van der Waals surface area contributed by atoms with E-state index in [0.29, 0.717) is 0 Å². The highest BCUT2D eigenvalue weighted by molar-refractivity contribution is 5.07. The standard InChI is InChI=1S/C13H20N2/c1-15-8-2-3-12(15)9-14-13(10-4-5-10)11-6-7-11/h2-3,8,10-11,13-14H,4-7,9H2,1H3. The summed E-state index contributed by atoms with van der Waals surface area (Å²) in [7, 11) is 2.13. The van der Waals surface area contributed by atoms with E-state index in [1.54, 1.807) is 0 Å². The molecule has 1 heterocycles. The molecule has 0 saturated heterocycles. The number of hydrogen-bond acceptors (Lipinski definition) is 1. The van der Waals surface area contributed by atoms with Crippen molar-refractivity contribution in [3.05, 3.63) is 24.0 Å². The second-order valence-electron chi connectivity index (χ2n) is 5.19. The van der Waals surface area contributed by atoms with Crippen LogP contribution in [0.1, 0.15) is 31.4 Å². The van der Waals surface area contributed by atoms with E-state index in [1.807, 2.05) is 0 Å². The molecule has 2 aliphatic carbocycles. The summed E-state index contributed by atoms with van der Waals surface area (Å²) in [5.41, 5.74) is 1.40. The van der Waals surface area contributed by atoms with Gasteiger partial charge in [-0.15, -0.1) is 0 Å². The molecule has 0 amide bonds. The van der Waals surface area contributed by atoms with Gasteiger partial charge < -0.3 is 9.88 Å². The number of nitrogens with one attached hydrogen (secondary N) is 1. The summed E-state index contributed by atoms with van der Waals surface area (Å²) in [6.07, 6.45) is 7.96. The van der Waals surface area contributed by atoms with Crippen LogP contribution in [0.3, 0.4) is 0 Å². The maximum absolute atomic E-state index is 3.77. The van der Waals surface area contributed by atoms with Crippen molar-refractivity contribution in [1.82, 2.24) is 9.88 Å². The average molecular weight is 204 g/mol. The summed E-state index contributed by atoms with van der Waals surface area (Å²) in [6, 6.07) is 5.16. The lowest BCUT2D eigenvalue weighted by molar-refractivity contribution is 0.411. The Morgan fingerprint density at radius 2 is 2.00 bits per heavy atom. The molecule has 2 saturated carbocycles. The zero-order valence-corrected chi connectivity index (χ0v) is 9.45. The molecule has 1 aromatic rings. The molecule has 82 valence electrons. The summed E-state index contributed by atoms with van der Waals surface area (Å²) in [5.74, 6) is 2.00. The fraction of sp³-hybridized carbons (Fsp3) is 0.692. The molecule has 0 bridgehead atoms. The van der Waals surface area contributed by atoms with Crippen molar-refractivity contribution < 1.29 is 0 Å². The van der Waals surface area contributed by atoms with Gasteiger partial charge in [0.05, 0.1) is 0 Å². The normalized spacial score (nSPS) is 21.2. The first-order chi connectivity index (χ1) is 7.34. The van der Waals surface area contributed by atoms with E-state index in [2.05, 4.69) is 35.3 Å². The zero-order chi connectivity index (χ0) is 10.3. The SMILES string of the molecule is Cn1cccc1CNC(C1CC1)C1CC1. The third-order valence-corrected chi connectivity index (χ3v) is 3.83. The highest BCUT2D eigenvalue weighted by Gasteiger charge is 2.40. The molecule has 2 fully saturated rings. The Bertz CT molecular complexity index is 322. The maximum Gasteiger partial charge on any atom is 0.0361 e. The summed E-state index contributed by atoms with van der Waals surface area (Å²) < 4.78 is 2.21.